The average molecular weight is 370 g/mol. The van der Waals surface area contributed by atoms with Crippen LogP contribution in [0.2, 0.25) is 0 Å². The Bertz CT molecular complexity index is 870. The summed E-state index contributed by atoms with van der Waals surface area (Å²) < 4.78 is 0. The number of hydrogen-bond donors (Lipinski definition) is 2. The van der Waals surface area contributed by atoms with Crippen molar-refractivity contribution in [2.75, 3.05) is 20.6 Å². The van der Waals surface area contributed by atoms with Crippen LogP contribution in [0.3, 0.4) is 0 Å². The van der Waals surface area contributed by atoms with Gasteiger partial charge in [-0.15, -0.1) is 0 Å². The molecule has 2 heterocycles. The van der Waals surface area contributed by atoms with Crippen LogP contribution in [-0.2, 0) is 21.4 Å². The number of aliphatic hydroxyl groups is 1. The number of fused-ring (bicyclic) bond motifs is 1. The second-order valence-corrected chi connectivity index (χ2v) is 9.06. The van der Waals surface area contributed by atoms with Crippen LogP contribution in [0.5, 0.6) is 5.75 Å². The van der Waals surface area contributed by atoms with Gasteiger partial charge in [-0.1, -0.05) is 6.07 Å². The lowest BCUT2D eigenvalue weighted by molar-refractivity contribution is -0.185. The number of benzene rings is 1. The third-order valence-electron chi connectivity index (χ3n) is 8.19. The van der Waals surface area contributed by atoms with Crippen LogP contribution in [0.25, 0.3) is 0 Å². The highest BCUT2D eigenvalue weighted by atomic mass is 16.3. The molecule has 0 aromatic heterocycles. The van der Waals surface area contributed by atoms with Gasteiger partial charge in [-0.3, -0.25) is 9.59 Å². The van der Waals surface area contributed by atoms with Gasteiger partial charge in [-0.05, 0) is 69.0 Å². The van der Waals surface area contributed by atoms with E-state index < -0.39 is 16.6 Å². The zero-order valence-electron chi connectivity index (χ0n) is 15.9. The summed E-state index contributed by atoms with van der Waals surface area (Å²) in [5, 5.41) is 22.2. The minimum absolute atomic E-state index is 0.0156. The van der Waals surface area contributed by atoms with Gasteiger partial charge < -0.3 is 20.0 Å². The van der Waals surface area contributed by atoms with Gasteiger partial charge in [0.1, 0.15) is 11.3 Å². The number of hydrogen-bond acceptors (Lipinski definition) is 5. The van der Waals surface area contributed by atoms with Gasteiger partial charge in [0.25, 0.3) is 0 Å². The van der Waals surface area contributed by atoms with Crippen LogP contribution in [0.15, 0.2) is 18.2 Å². The number of Topliss-reactive ketones (excluding diaryl/α,β-unsaturated/α-hetero) is 1. The Kier molecular flexibility index (Phi) is 3.26. The summed E-state index contributed by atoms with van der Waals surface area (Å²) >= 11 is 0. The maximum absolute atomic E-state index is 12.9. The molecule has 4 atom stereocenters. The molecule has 5 rings (SSSR count). The van der Waals surface area contributed by atoms with Gasteiger partial charge in [0.05, 0.1) is 12.0 Å². The Hall–Kier alpha value is -1.92. The third-order valence-corrected chi connectivity index (χ3v) is 8.19. The van der Waals surface area contributed by atoms with E-state index in [1.165, 1.54) is 0 Å². The first kappa shape index (κ1) is 17.2. The minimum atomic E-state index is -0.960. The number of phenols is 1. The number of piperidine rings is 1. The first-order valence-electron chi connectivity index (χ1n) is 9.78. The highest BCUT2D eigenvalue weighted by Gasteiger charge is 2.69. The van der Waals surface area contributed by atoms with Gasteiger partial charge in [0.15, 0.2) is 5.78 Å². The molecule has 2 saturated heterocycles. The maximum Gasteiger partial charge on any atom is 0.230 e. The number of phenolic OH excluding ortho intramolecular Hbond substituents is 1. The molecule has 0 unspecified atom stereocenters. The molecule has 4 aliphatic rings. The summed E-state index contributed by atoms with van der Waals surface area (Å²) in [5.41, 5.74) is -0.314. The molecule has 6 nitrogen and oxygen atoms in total. The molecule has 1 aromatic rings. The molecule has 1 saturated carbocycles. The van der Waals surface area contributed by atoms with Crippen molar-refractivity contribution in [3.05, 3.63) is 29.3 Å². The fourth-order valence-corrected chi connectivity index (χ4v) is 6.61. The predicted molar refractivity (Wildman–Crippen MR) is 98.4 cm³/mol. The fraction of sp³-hybridized carbons (Fsp3) is 0.619. The molecule has 1 amide bonds. The van der Waals surface area contributed by atoms with Gasteiger partial charge in [0.2, 0.25) is 5.91 Å². The molecule has 1 aromatic carbocycles. The minimum Gasteiger partial charge on any atom is -0.508 e. The number of likely N-dealkylation sites (tertiary alicyclic amines) is 2. The second-order valence-electron chi connectivity index (χ2n) is 9.06. The standard InChI is InChI=1S/C21H26N2O4/c1-22-8-7-19-12-20(17(25)11-18(26)23(20)2)5-6-21(19,27)16(22)9-13-3-4-14(24)10-15(13)19/h3-4,10,16,24,27H,5-9,11-12H2,1-2H3/t16-,19-,20+,21-/m1/s1. The van der Waals surface area contributed by atoms with Crippen LogP contribution >= 0.6 is 0 Å². The summed E-state index contributed by atoms with van der Waals surface area (Å²) in [6.45, 7) is 0.823. The van der Waals surface area contributed by atoms with E-state index in [1.807, 2.05) is 6.07 Å². The molecule has 6 heteroatoms. The van der Waals surface area contributed by atoms with Crippen molar-refractivity contribution >= 4 is 11.7 Å². The number of nitrogens with zero attached hydrogens (tertiary/aromatic N) is 2. The fourth-order valence-electron chi connectivity index (χ4n) is 6.61. The Morgan fingerprint density at radius 3 is 2.63 bits per heavy atom. The Balaban J connectivity index is 1.73. The lowest BCUT2D eigenvalue weighted by Gasteiger charge is -2.66. The van der Waals surface area contributed by atoms with Gasteiger partial charge in [-0.2, -0.15) is 0 Å². The molecule has 0 radical (unpaired) electrons. The van der Waals surface area contributed by atoms with Crippen molar-refractivity contribution in [3.63, 3.8) is 0 Å². The monoisotopic (exact) mass is 370 g/mol. The van der Waals surface area contributed by atoms with Crippen LogP contribution in [0, 0.1) is 0 Å². The lowest BCUT2D eigenvalue weighted by atomic mass is 9.46. The van der Waals surface area contributed by atoms with Gasteiger partial charge >= 0.3 is 0 Å². The Morgan fingerprint density at radius 2 is 1.93 bits per heavy atom. The van der Waals surface area contributed by atoms with Crippen molar-refractivity contribution in [1.29, 1.82) is 0 Å². The van der Waals surface area contributed by atoms with Crippen LogP contribution in [0.4, 0.5) is 0 Å². The quantitative estimate of drug-likeness (QED) is 0.666. The average Bonchev–Trinajstić information content (AvgIpc) is 2.83. The number of carbonyl (C=O) groups excluding carboxylic acids is 2. The predicted octanol–water partition coefficient (Wildman–Crippen LogP) is 0.975. The van der Waals surface area contributed by atoms with Gasteiger partial charge in [-0.25, -0.2) is 0 Å². The molecule has 2 bridgehead atoms. The molecule has 3 fully saturated rings. The molecular formula is C21H26N2O4. The Labute approximate surface area is 158 Å². The zero-order valence-corrected chi connectivity index (χ0v) is 15.9. The largest absolute Gasteiger partial charge is 0.508 e. The Morgan fingerprint density at radius 1 is 1.15 bits per heavy atom. The summed E-state index contributed by atoms with van der Waals surface area (Å²) in [5.74, 6) is 0.0390. The summed E-state index contributed by atoms with van der Waals surface area (Å²) in [4.78, 5) is 29.1. The maximum atomic E-state index is 12.9. The van der Waals surface area contributed by atoms with E-state index in [2.05, 4.69) is 11.9 Å². The van der Waals surface area contributed by atoms with E-state index in [4.69, 9.17) is 0 Å². The van der Waals surface area contributed by atoms with Crippen molar-refractivity contribution in [2.45, 2.75) is 61.1 Å². The van der Waals surface area contributed by atoms with E-state index in [1.54, 1.807) is 24.1 Å². The zero-order chi connectivity index (χ0) is 19.2. The number of carbonyl (C=O) groups is 2. The van der Waals surface area contributed by atoms with E-state index in [0.717, 1.165) is 24.1 Å². The number of ketones is 1. The molecule has 2 N–H and O–H groups in total. The van der Waals surface area contributed by atoms with Crippen molar-refractivity contribution in [3.8, 4) is 5.75 Å². The SMILES string of the molecule is CN1CC[C@]23C[C@@]4(CC[C@@]2(O)[C@H]1Cc1ccc(O)cc13)C(=O)CC(=O)N4C. The molecule has 2 aliphatic carbocycles. The highest BCUT2D eigenvalue weighted by molar-refractivity contribution is 6.10. The molecule has 1 spiro atoms. The van der Waals surface area contributed by atoms with Crippen LogP contribution in [0.1, 0.15) is 43.2 Å². The number of likely N-dealkylation sites (N-methyl/N-ethyl adjacent to an activating group) is 2. The smallest absolute Gasteiger partial charge is 0.230 e. The third kappa shape index (κ3) is 1.88. The molecule has 2 aliphatic heterocycles. The summed E-state index contributed by atoms with van der Waals surface area (Å²) in [6.07, 6.45) is 2.84. The number of rotatable bonds is 0. The first-order chi connectivity index (χ1) is 12.7. The van der Waals surface area contributed by atoms with Crippen LogP contribution < -0.4 is 0 Å². The highest BCUT2D eigenvalue weighted by Crippen LogP contribution is 2.61. The normalized spacial score (nSPS) is 41.0. The van der Waals surface area contributed by atoms with Crippen molar-refractivity contribution in [1.82, 2.24) is 9.80 Å². The van der Waals surface area contributed by atoms with Crippen LogP contribution in [-0.4, -0.2) is 69.5 Å². The molecular weight excluding hydrogens is 344 g/mol. The second kappa shape index (κ2) is 5.11. The molecule has 144 valence electrons. The number of amides is 1. The summed E-state index contributed by atoms with van der Waals surface area (Å²) in [6, 6.07) is 5.41. The van der Waals surface area contributed by atoms with Gasteiger partial charge in [0, 0.05) is 18.5 Å². The summed E-state index contributed by atoms with van der Waals surface area (Å²) in [7, 11) is 3.78. The van der Waals surface area contributed by atoms with E-state index in [9.17, 15) is 19.8 Å². The molecule has 27 heavy (non-hydrogen) atoms. The lowest BCUT2D eigenvalue weighted by Crippen LogP contribution is -2.75. The van der Waals surface area contributed by atoms with E-state index in [0.29, 0.717) is 25.7 Å². The topological polar surface area (TPSA) is 81.1 Å². The first-order valence-corrected chi connectivity index (χ1v) is 9.78. The number of aromatic hydroxyl groups is 1. The van der Waals surface area contributed by atoms with E-state index in [-0.39, 0.29) is 29.9 Å². The van der Waals surface area contributed by atoms with Crippen molar-refractivity contribution < 1.29 is 19.8 Å². The van der Waals surface area contributed by atoms with Crippen molar-refractivity contribution in [2.24, 2.45) is 0 Å². The van der Waals surface area contributed by atoms with E-state index >= 15 is 0 Å².